The number of ether oxygens (including phenoxy) is 2. The van der Waals surface area contributed by atoms with Crippen LogP contribution in [0.4, 0.5) is 5.69 Å². The number of hydrogen-bond acceptors (Lipinski definition) is 6. The van der Waals surface area contributed by atoms with Gasteiger partial charge in [-0.2, -0.15) is 4.31 Å². The molecular formula is C24H33N3O5S. The van der Waals surface area contributed by atoms with Gasteiger partial charge in [-0.05, 0) is 74.9 Å². The number of aryl methyl sites for hydroxylation is 2. The summed E-state index contributed by atoms with van der Waals surface area (Å²) in [6.07, 6.45) is 2.50. The van der Waals surface area contributed by atoms with Crippen LogP contribution in [-0.4, -0.2) is 57.0 Å². The summed E-state index contributed by atoms with van der Waals surface area (Å²) >= 11 is 0. The summed E-state index contributed by atoms with van der Waals surface area (Å²) in [5.74, 6) is -0.107. The molecule has 3 rings (SSSR count). The highest BCUT2D eigenvalue weighted by Gasteiger charge is 2.34. The third-order valence-corrected chi connectivity index (χ3v) is 8.45. The number of anilines is 1. The minimum absolute atomic E-state index is 0.157. The quantitative estimate of drug-likeness (QED) is 0.588. The summed E-state index contributed by atoms with van der Waals surface area (Å²) in [6.45, 7) is 8.92. The van der Waals surface area contributed by atoms with Gasteiger partial charge in [0.15, 0.2) is 0 Å². The number of aromatic nitrogens is 1. The fraction of sp³-hybridized carbons (Fsp3) is 0.500. The van der Waals surface area contributed by atoms with Crippen molar-refractivity contribution >= 4 is 21.6 Å². The Hall–Kier alpha value is -2.49. The van der Waals surface area contributed by atoms with Gasteiger partial charge in [-0.3, -0.25) is 4.79 Å². The van der Waals surface area contributed by atoms with Gasteiger partial charge in [0.1, 0.15) is 12.3 Å². The minimum atomic E-state index is -3.64. The molecule has 1 aliphatic heterocycles. The molecule has 0 saturated carbocycles. The maximum Gasteiger partial charge on any atom is 0.243 e. The summed E-state index contributed by atoms with van der Waals surface area (Å²) in [5, 5.41) is 2.89. The molecule has 1 N–H and O–H groups in total. The van der Waals surface area contributed by atoms with E-state index >= 15 is 0 Å². The van der Waals surface area contributed by atoms with Crippen molar-refractivity contribution in [3.05, 3.63) is 46.6 Å². The molecule has 2 heterocycles. The SMILES string of the molecule is COCCOc1ncccc1NC(=O)C1CCN(S(=O)(=O)c2c(C)c(C)cc(C)c2C)CC1. The smallest absolute Gasteiger partial charge is 0.243 e. The van der Waals surface area contributed by atoms with Gasteiger partial charge < -0.3 is 14.8 Å². The van der Waals surface area contributed by atoms with Crippen LogP contribution in [0.5, 0.6) is 5.88 Å². The normalized spacial score (nSPS) is 15.4. The fourth-order valence-electron chi connectivity index (χ4n) is 4.11. The van der Waals surface area contributed by atoms with E-state index in [1.54, 1.807) is 25.4 Å². The molecule has 9 heteroatoms. The number of amides is 1. The van der Waals surface area contributed by atoms with E-state index in [1.807, 2.05) is 33.8 Å². The number of sulfonamides is 1. The second-order valence-corrected chi connectivity index (χ2v) is 10.3. The number of hydrogen-bond donors (Lipinski definition) is 1. The third kappa shape index (κ3) is 5.54. The van der Waals surface area contributed by atoms with Crippen molar-refractivity contribution < 1.29 is 22.7 Å². The van der Waals surface area contributed by atoms with Gasteiger partial charge in [0.05, 0.1) is 11.5 Å². The van der Waals surface area contributed by atoms with Gasteiger partial charge in [0.25, 0.3) is 0 Å². The average molecular weight is 476 g/mol. The van der Waals surface area contributed by atoms with Gasteiger partial charge >= 0.3 is 0 Å². The van der Waals surface area contributed by atoms with Gasteiger partial charge in [0.2, 0.25) is 21.8 Å². The average Bonchev–Trinajstić information content (AvgIpc) is 2.79. The van der Waals surface area contributed by atoms with E-state index in [1.165, 1.54) is 4.31 Å². The van der Waals surface area contributed by atoms with Crippen molar-refractivity contribution in [2.45, 2.75) is 45.4 Å². The molecule has 1 aromatic heterocycles. The number of benzene rings is 1. The van der Waals surface area contributed by atoms with E-state index in [2.05, 4.69) is 10.3 Å². The number of piperidine rings is 1. The molecule has 33 heavy (non-hydrogen) atoms. The largest absolute Gasteiger partial charge is 0.474 e. The maximum absolute atomic E-state index is 13.5. The van der Waals surface area contributed by atoms with Crippen LogP contribution in [0.1, 0.15) is 35.1 Å². The van der Waals surface area contributed by atoms with Gasteiger partial charge in [0, 0.05) is 32.3 Å². The Bertz CT molecular complexity index is 1080. The minimum Gasteiger partial charge on any atom is -0.474 e. The molecule has 2 aromatic rings. The molecule has 0 radical (unpaired) electrons. The molecule has 0 bridgehead atoms. The van der Waals surface area contributed by atoms with E-state index in [9.17, 15) is 13.2 Å². The maximum atomic E-state index is 13.5. The summed E-state index contributed by atoms with van der Waals surface area (Å²) in [4.78, 5) is 17.5. The third-order valence-electron chi connectivity index (χ3n) is 6.28. The second-order valence-electron chi connectivity index (χ2n) is 8.45. The number of nitrogens with zero attached hydrogens (tertiary/aromatic N) is 2. The molecule has 8 nitrogen and oxygen atoms in total. The number of methoxy groups -OCH3 is 1. The predicted molar refractivity (Wildman–Crippen MR) is 127 cm³/mol. The lowest BCUT2D eigenvalue weighted by atomic mass is 9.97. The summed E-state index contributed by atoms with van der Waals surface area (Å²) in [7, 11) is -2.05. The fourth-order valence-corrected chi connectivity index (χ4v) is 6.16. The Morgan fingerprint density at radius 3 is 2.36 bits per heavy atom. The summed E-state index contributed by atoms with van der Waals surface area (Å²) in [5.41, 5.74) is 4.00. The van der Waals surface area contributed by atoms with E-state index in [-0.39, 0.29) is 11.8 Å². The van der Waals surface area contributed by atoms with Crippen LogP contribution in [0.25, 0.3) is 0 Å². The zero-order chi connectivity index (χ0) is 24.2. The van der Waals surface area contributed by atoms with Gasteiger partial charge in [-0.15, -0.1) is 0 Å². The Balaban J connectivity index is 1.68. The highest BCUT2D eigenvalue weighted by atomic mass is 32.2. The topological polar surface area (TPSA) is 97.8 Å². The first-order valence-electron chi connectivity index (χ1n) is 11.1. The molecule has 1 saturated heterocycles. The second kappa shape index (κ2) is 10.6. The highest BCUT2D eigenvalue weighted by Crippen LogP contribution is 2.31. The molecule has 1 amide bonds. The van der Waals surface area contributed by atoms with Crippen LogP contribution in [0.2, 0.25) is 0 Å². The molecule has 0 aliphatic carbocycles. The first-order chi connectivity index (χ1) is 15.7. The van der Waals surface area contributed by atoms with E-state index in [0.717, 1.165) is 22.3 Å². The highest BCUT2D eigenvalue weighted by molar-refractivity contribution is 7.89. The van der Waals surface area contributed by atoms with Gasteiger partial charge in [-0.25, -0.2) is 13.4 Å². The van der Waals surface area contributed by atoms with Crippen molar-refractivity contribution in [1.29, 1.82) is 0 Å². The number of carbonyl (C=O) groups excluding carboxylic acids is 1. The van der Waals surface area contributed by atoms with Crippen LogP contribution in [0.15, 0.2) is 29.3 Å². The van der Waals surface area contributed by atoms with Gasteiger partial charge in [-0.1, -0.05) is 6.07 Å². The Labute approximate surface area is 196 Å². The standard InChI is InChI=1S/C24H33N3O5S/c1-16-15-17(2)19(4)22(18(16)3)33(29,30)27-11-8-20(9-12-27)23(28)26-21-7-6-10-25-24(21)32-14-13-31-5/h6-7,10,15,20H,8-9,11-14H2,1-5H3,(H,26,28). The van der Waals surface area contributed by atoms with E-state index < -0.39 is 10.0 Å². The molecule has 0 spiro atoms. The van der Waals surface area contributed by atoms with Crippen LogP contribution in [0.3, 0.4) is 0 Å². The lowest BCUT2D eigenvalue weighted by molar-refractivity contribution is -0.120. The molecule has 0 atom stereocenters. The van der Waals surface area contributed by atoms with E-state index in [0.29, 0.717) is 55.6 Å². The molecule has 1 aliphatic rings. The first kappa shape index (κ1) is 25.1. The lowest BCUT2D eigenvalue weighted by Gasteiger charge is -2.32. The number of rotatable bonds is 8. The Kier molecular flexibility index (Phi) is 8.10. The predicted octanol–water partition coefficient (Wildman–Crippen LogP) is 3.38. The van der Waals surface area contributed by atoms with Crippen molar-refractivity contribution in [2.75, 3.05) is 38.7 Å². The lowest BCUT2D eigenvalue weighted by Crippen LogP contribution is -2.42. The molecule has 1 fully saturated rings. The Morgan fingerprint density at radius 2 is 1.76 bits per heavy atom. The van der Waals surface area contributed by atoms with Crippen molar-refractivity contribution in [2.24, 2.45) is 5.92 Å². The number of pyridine rings is 1. The number of nitrogens with one attached hydrogen (secondary N) is 1. The number of carbonyl (C=O) groups is 1. The zero-order valence-electron chi connectivity index (χ0n) is 20.0. The van der Waals surface area contributed by atoms with Crippen LogP contribution in [0, 0.1) is 33.6 Å². The summed E-state index contributed by atoms with van der Waals surface area (Å²) < 4.78 is 39.0. The van der Waals surface area contributed by atoms with Crippen molar-refractivity contribution in [1.82, 2.24) is 9.29 Å². The molecule has 0 unspecified atom stereocenters. The molecular weight excluding hydrogens is 442 g/mol. The zero-order valence-corrected chi connectivity index (χ0v) is 20.8. The molecule has 1 aromatic carbocycles. The van der Waals surface area contributed by atoms with Crippen molar-refractivity contribution in [3.8, 4) is 5.88 Å². The van der Waals surface area contributed by atoms with Crippen LogP contribution in [-0.2, 0) is 19.6 Å². The first-order valence-corrected chi connectivity index (χ1v) is 12.6. The van der Waals surface area contributed by atoms with Crippen molar-refractivity contribution in [3.63, 3.8) is 0 Å². The van der Waals surface area contributed by atoms with Crippen LogP contribution >= 0.6 is 0 Å². The summed E-state index contributed by atoms with van der Waals surface area (Å²) in [6, 6.07) is 5.48. The molecule has 180 valence electrons. The van der Waals surface area contributed by atoms with Crippen LogP contribution < -0.4 is 10.1 Å². The Morgan fingerprint density at radius 1 is 1.12 bits per heavy atom. The monoisotopic (exact) mass is 475 g/mol. The van der Waals surface area contributed by atoms with E-state index in [4.69, 9.17) is 9.47 Å².